The van der Waals surface area contributed by atoms with Gasteiger partial charge in [-0.05, 0) is 39.8 Å². The highest BCUT2D eigenvalue weighted by Crippen LogP contribution is 2.19. The molecule has 0 atom stereocenters. The first-order valence-corrected chi connectivity index (χ1v) is 6.74. The topological polar surface area (TPSA) is 99.9 Å². The number of nitrogens with zero attached hydrogens (tertiary/aromatic N) is 3. The number of hydrogen-bond donors (Lipinski definition) is 3. The van der Waals surface area contributed by atoms with E-state index >= 15 is 0 Å². The van der Waals surface area contributed by atoms with Crippen LogP contribution >= 0.6 is 0 Å². The van der Waals surface area contributed by atoms with E-state index in [1.165, 1.54) is 0 Å². The van der Waals surface area contributed by atoms with Crippen molar-refractivity contribution in [2.24, 2.45) is 5.92 Å². The number of nitrogen functional groups attached to an aromatic ring is 1. The predicted molar refractivity (Wildman–Crippen MR) is 72.1 cm³/mol. The van der Waals surface area contributed by atoms with Gasteiger partial charge in [0.25, 0.3) is 0 Å². The van der Waals surface area contributed by atoms with Gasteiger partial charge in [-0.15, -0.1) is 5.10 Å². The molecule has 0 aliphatic carbocycles. The van der Waals surface area contributed by atoms with Crippen LogP contribution < -0.4 is 11.1 Å². The fourth-order valence-corrected chi connectivity index (χ4v) is 2.38. The van der Waals surface area contributed by atoms with Crippen LogP contribution in [0.2, 0.25) is 0 Å². The molecule has 1 saturated heterocycles. The second kappa shape index (κ2) is 6.01. The Morgan fingerprint density at radius 3 is 2.74 bits per heavy atom. The lowest BCUT2D eigenvalue weighted by atomic mass is 9.95. The van der Waals surface area contributed by atoms with Crippen LogP contribution in [0.1, 0.15) is 32.5 Å². The average molecular weight is 266 g/mol. The Morgan fingerprint density at radius 2 is 2.21 bits per heavy atom. The van der Waals surface area contributed by atoms with Crippen molar-refractivity contribution in [3.8, 4) is 0 Å². The van der Waals surface area contributed by atoms with Crippen molar-refractivity contribution in [1.82, 2.24) is 25.4 Å². The van der Waals surface area contributed by atoms with Gasteiger partial charge in [-0.1, -0.05) is 0 Å². The second-order valence-electron chi connectivity index (χ2n) is 5.26. The summed E-state index contributed by atoms with van der Waals surface area (Å²) in [4.78, 5) is 18.4. The largest absolute Gasteiger partial charge is 0.367 e. The Bertz CT molecular complexity index is 422. The van der Waals surface area contributed by atoms with Gasteiger partial charge >= 0.3 is 0 Å². The lowest BCUT2D eigenvalue weighted by Gasteiger charge is -2.33. The molecule has 0 radical (unpaired) electrons. The van der Waals surface area contributed by atoms with Gasteiger partial charge < -0.3 is 16.0 Å². The van der Waals surface area contributed by atoms with Gasteiger partial charge in [-0.2, -0.15) is 4.98 Å². The minimum Gasteiger partial charge on any atom is -0.367 e. The summed E-state index contributed by atoms with van der Waals surface area (Å²) < 4.78 is 0. The zero-order chi connectivity index (χ0) is 13.8. The van der Waals surface area contributed by atoms with E-state index < -0.39 is 0 Å². The van der Waals surface area contributed by atoms with Crippen LogP contribution in [0.3, 0.4) is 0 Å². The zero-order valence-corrected chi connectivity index (χ0v) is 11.5. The van der Waals surface area contributed by atoms with Crippen molar-refractivity contribution in [3.05, 3.63) is 5.82 Å². The Labute approximate surface area is 113 Å². The molecule has 1 aliphatic heterocycles. The minimum absolute atomic E-state index is 0.0957. The van der Waals surface area contributed by atoms with Crippen LogP contribution in [-0.4, -0.2) is 45.1 Å². The fraction of sp³-hybridized carbons (Fsp3) is 0.750. The number of aromatic nitrogens is 3. The van der Waals surface area contributed by atoms with E-state index in [1.54, 1.807) is 0 Å². The summed E-state index contributed by atoms with van der Waals surface area (Å²) in [6.07, 6.45) is 1.84. The first kappa shape index (κ1) is 13.8. The number of nitrogens with two attached hydrogens (primary N) is 1. The molecule has 19 heavy (non-hydrogen) atoms. The van der Waals surface area contributed by atoms with Crippen molar-refractivity contribution in [2.75, 3.05) is 18.8 Å². The summed E-state index contributed by atoms with van der Waals surface area (Å²) in [6, 6.07) is 0.557. The van der Waals surface area contributed by atoms with Gasteiger partial charge in [0.1, 0.15) is 5.82 Å². The molecule has 0 aromatic carbocycles. The molecule has 1 aromatic rings. The highest BCUT2D eigenvalue weighted by atomic mass is 16.1. The van der Waals surface area contributed by atoms with E-state index in [0.29, 0.717) is 18.4 Å². The number of amides is 1. The van der Waals surface area contributed by atoms with E-state index in [1.807, 2.05) is 0 Å². The van der Waals surface area contributed by atoms with Crippen molar-refractivity contribution in [1.29, 1.82) is 0 Å². The standard InChI is InChI=1S/C12H22N6O/c1-8(2)18-5-3-9(4-6-18)11(19)14-7-10-15-12(13)17-16-10/h8-9H,3-7H2,1-2H3,(H,14,19)(H3,13,15,16,17). The SMILES string of the molecule is CC(C)N1CCC(C(=O)NCc2nc(N)n[nH]2)CC1. The summed E-state index contributed by atoms with van der Waals surface area (Å²) in [7, 11) is 0. The van der Waals surface area contributed by atoms with Gasteiger partial charge in [0, 0.05) is 12.0 Å². The molecular weight excluding hydrogens is 244 g/mol. The number of rotatable bonds is 4. The summed E-state index contributed by atoms with van der Waals surface area (Å²) >= 11 is 0. The number of carbonyl (C=O) groups excluding carboxylic acids is 1. The van der Waals surface area contributed by atoms with Crippen LogP contribution in [0.25, 0.3) is 0 Å². The highest BCUT2D eigenvalue weighted by Gasteiger charge is 2.25. The van der Waals surface area contributed by atoms with Gasteiger partial charge in [0.15, 0.2) is 0 Å². The number of hydrogen-bond acceptors (Lipinski definition) is 5. The third-order valence-corrected chi connectivity index (χ3v) is 3.61. The molecule has 0 spiro atoms. The molecule has 7 nitrogen and oxygen atoms in total. The average Bonchev–Trinajstić information content (AvgIpc) is 2.82. The van der Waals surface area contributed by atoms with Crippen molar-refractivity contribution in [2.45, 2.75) is 39.3 Å². The maximum absolute atomic E-state index is 12.0. The molecule has 1 aromatic heterocycles. The third kappa shape index (κ3) is 3.66. The molecule has 0 saturated carbocycles. The second-order valence-corrected chi connectivity index (χ2v) is 5.26. The predicted octanol–water partition coefficient (Wildman–Crippen LogP) is 0.124. The molecule has 1 fully saturated rings. The number of H-pyrrole nitrogens is 1. The van der Waals surface area contributed by atoms with E-state index in [9.17, 15) is 4.79 Å². The number of likely N-dealkylation sites (tertiary alicyclic amines) is 1. The maximum Gasteiger partial charge on any atom is 0.239 e. The molecule has 1 amide bonds. The zero-order valence-electron chi connectivity index (χ0n) is 11.5. The third-order valence-electron chi connectivity index (χ3n) is 3.61. The Kier molecular flexibility index (Phi) is 4.36. The Morgan fingerprint density at radius 1 is 1.53 bits per heavy atom. The van der Waals surface area contributed by atoms with Gasteiger partial charge in [0.05, 0.1) is 6.54 Å². The van der Waals surface area contributed by atoms with E-state index in [-0.39, 0.29) is 17.8 Å². The Hall–Kier alpha value is -1.63. The van der Waals surface area contributed by atoms with Crippen molar-refractivity contribution in [3.63, 3.8) is 0 Å². The van der Waals surface area contributed by atoms with Crippen molar-refractivity contribution >= 4 is 11.9 Å². The maximum atomic E-state index is 12.0. The highest BCUT2D eigenvalue weighted by molar-refractivity contribution is 5.78. The lowest BCUT2D eigenvalue weighted by molar-refractivity contribution is -0.126. The van der Waals surface area contributed by atoms with Gasteiger partial charge in [-0.25, -0.2) is 0 Å². The van der Waals surface area contributed by atoms with E-state index in [0.717, 1.165) is 25.9 Å². The fourth-order valence-electron chi connectivity index (χ4n) is 2.38. The number of anilines is 1. The lowest BCUT2D eigenvalue weighted by Crippen LogP contribution is -2.43. The number of piperidine rings is 1. The van der Waals surface area contributed by atoms with Crippen LogP contribution in [0.15, 0.2) is 0 Å². The minimum atomic E-state index is 0.0957. The molecular formula is C12H22N6O. The van der Waals surface area contributed by atoms with Crippen LogP contribution in [-0.2, 0) is 11.3 Å². The summed E-state index contributed by atoms with van der Waals surface area (Å²) in [6.45, 7) is 6.72. The van der Waals surface area contributed by atoms with Gasteiger partial charge in [0.2, 0.25) is 11.9 Å². The molecule has 1 aliphatic rings. The molecule has 2 rings (SSSR count). The normalized spacial score (nSPS) is 17.8. The quantitative estimate of drug-likeness (QED) is 0.719. The van der Waals surface area contributed by atoms with Crippen LogP contribution in [0, 0.1) is 5.92 Å². The molecule has 4 N–H and O–H groups in total. The Balaban J connectivity index is 1.75. The molecule has 106 valence electrons. The summed E-state index contributed by atoms with van der Waals surface area (Å²) in [5.41, 5.74) is 5.40. The number of nitrogens with one attached hydrogen (secondary N) is 2. The van der Waals surface area contributed by atoms with Gasteiger partial charge in [-0.3, -0.25) is 9.89 Å². The van der Waals surface area contributed by atoms with E-state index in [4.69, 9.17) is 5.73 Å². The monoisotopic (exact) mass is 266 g/mol. The van der Waals surface area contributed by atoms with E-state index in [2.05, 4.69) is 39.2 Å². The van der Waals surface area contributed by atoms with Crippen molar-refractivity contribution < 1.29 is 4.79 Å². The first-order valence-electron chi connectivity index (χ1n) is 6.74. The molecule has 0 bridgehead atoms. The van der Waals surface area contributed by atoms with Crippen LogP contribution in [0.4, 0.5) is 5.95 Å². The smallest absolute Gasteiger partial charge is 0.239 e. The summed E-state index contributed by atoms with van der Waals surface area (Å²) in [5.74, 6) is 0.994. The number of carbonyl (C=O) groups is 1. The molecule has 7 heteroatoms. The molecule has 2 heterocycles. The molecule has 0 unspecified atom stereocenters. The summed E-state index contributed by atoms with van der Waals surface area (Å²) in [5, 5.41) is 9.28. The van der Waals surface area contributed by atoms with Crippen LogP contribution in [0.5, 0.6) is 0 Å². The number of aromatic amines is 1. The first-order chi connectivity index (χ1) is 9.06.